The van der Waals surface area contributed by atoms with Crippen molar-refractivity contribution >= 4 is 76.1 Å². The van der Waals surface area contributed by atoms with E-state index in [4.69, 9.17) is 33.1 Å². The van der Waals surface area contributed by atoms with Crippen molar-refractivity contribution in [3.63, 3.8) is 0 Å². The first kappa shape index (κ1) is 53.8. The monoisotopic (exact) mass is 1040 g/mol. The molecular weight excluding hydrogens is 973 g/mol. The molecule has 1 saturated heterocycles. The molecule has 4 bridgehead atoms. The van der Waals surface area contributed by atoms with Crippen LogP contribution < -0.4 is 36.3 Å². The van der Waals surface area contributed by atoms with Crippen LogP contribution in [0.2, 0.25) is 25.7 Å². The highest BCUT2D eigenvalue weighted by molar-refractivity contribution is 6.76. The number of piperidine rings is 1. The lowest BCUT2D eigenvalue weighted by molar-refractivity contribution is -0.160. The van der Waals surface area contributed by atoms with Gasteiger partial charge in [-0.15, -0.1) is 0 Å². The van der Waals surface area contributed by atoms with Gasteiger partial charge < -0.3 is 64.1 Å². The largest absolute Gasteiger partial charge is 0.507 e. The number of amides is 2. The summed E-state index contributed by atoms with van der Waals surface area (Å²) in [5, 5.41) is 52.3. The van der Waals surface area contributed by atoms with Crippen molar-refractivity contribution < 1.29 is 62.9 Å². The zero-order valence-corrected chi connectivity index (χ0v) is 44.9. The number of ether oxygens (including phenoxy) is 5. The lowest BCUT2D eigenvalue weighted by Gasteiger charge is -2.38. The number of methoxy groups -OCH3 is 1. The summed E-state index contributed by atoms with van der Waals surface area (Å²) in [5.74, 6) is -6.88. The number of aliphatic hydroxyl groups is 3. The lowest BCUT2D eigenvalue weighted by atomic mass is 9.78. The number of alkyl carbamates (subject to hydrolysis) is 1. The summed E-state index contributed by atoms with van der Waals surface area (Å²) in [6.07, 6.45) is 2.99. The Morgan fingerprint density at radius 2 is 1.65 bits per heavy atom. The van der Waals surface area contributed by atoms with Crippen LogP contribution in [-0.4, -0.2) is 115 Å². The van der Waals surface area contributed by atoms with Gasteiger partial charge in [-0.05, 0) is 26.0 Å². The molecule has 6 N–H and O–H groups in total. The van der Waals surface area contributed by atoms with E-state index in [2.05, 4.69) is 30.3 Å². The maximum Gasteiger partial charge on any atom is 0.407 e. The van der Waals surface area contributed by atoms with Crippen LogP contribution in [0.3, 0.4) is 0 Å². The Labute approximate surface area is 428 Å². The fourth-order valence-corrected chi connectivity index (χ4v) is 11.4. The molecule has 20 heteroatoms. The summed E-state index contributed by atoms with van der Waals surface area (Å²) in [6.45, 7) is 20.6. The predicted octanol–water partition coefficient (Wildman–Crippen LogP) is 6.06. The van der Waals surface area contributed by atoms with Crippen molar-refractivity contribution in [3.8, 4) is 11.5 Å². The minimum Gasteiger partial charge on any atom is -0.507 e. The SMILES string of the molecule is CO[C@H]1/C=C/O[C@@]2(C)Oc3c(C)c(O)c4c(=O)c(c5oc6cc(N7C[C@@H]8C(NC(=O)OCC[Si](C)(C)C)[C@@H]8C7)cc(=O)c6nc5c4c3=C2O)NC(=O)/C(C)=C\C=C\[C@H](C)[C@H](O)[C@@H](C)[C@@H](O)[C@@H](C)[C@H](OC(C)=O)[C@@H]1C. The second-order valence-electron chi connectivity index (χ2n) is 21.9. The number of fused-ring (bicyclic) bond motifs is 3. The number of phenols is 1. The van der Waals surface area contributed by atoms with Gasteiger partial charge in [0.05, 0.1) is 41.8 Å². The maximum absolute atomic E-state index is 15.0. The number of nitrogens with zero attached hydrogens (tertiary/aromatic N) is 2. The second kappa shape index (κ2) is 20.3. The van der Waals surface area contributed by atoms with Crippen LogP contribution in [0.25, 0.3) is 38.7 Å². The molecule has 0 spiro atoms. The number of esters is 1. The molecule has 3 aliphatic heterocycles. The number of hydrogen-bond donors (Lipinski definition) is 6. The van der Waals surface area contributed by atoms with Gasteiger partial charge in [-0.2, -0.15) is 0 Å². The van der Waals surface area contributed by atoms with E-state index in [9.17, 15) is 44.4 Å². The highest BCUT2D eigenvalue weighted by atomic mass is 28.3. The number of aromatic nitrogens is 1. The van der Waals surface area contributed by atoms with Gasteiger partial charge in [0, 0.05) is 118 Å². The van der Waals surface area contributed by atoms with Crippen molar-refractivity contribution in [2.75, 3.05) is 37.0 Å². The van der Waals surface area contributed by atoms with Crippen molar-refractivity contribution in [3.05, 3.63) is 79.5 Å². The fourth-order valence-electron chi connectivity index (χ4n) is 10.6. The molecule has 8 rings (SSSR count). The number of allylic oxidation sites excluding steroid dienone is 2. The molecule has 4 heterocycles. The number of carbonyl (C=O) groups excluding carboxylic acids is 3. The minimum absolute atomic E-state index is 0.0197. The molecule has 4 aliphatic rings. The van der Waals surface area contributed by atoms with E-state index in [0.717, 1.165) is 6.04 Å². The number of nitrogens with one attached hydrogen (secondary N) is 2. The van der Waals surface area contributed by atoms with Crippen molar-refractivity contribution in [2.24, 2.45) is 35.5 Å². The van der Waals surface area contributed by atoms with Crippen LogP contribution in [0.5, 0.6) is 11.5 Å². The third-order valence-electron chi connectivity index (χ3n) is 15.3. The number of benzene rings is 3. The number of hydrogen-bond acceptors (Lipinski definition) is 17. The summed E-state index contributed by atoms with van der Waals surface area (Å²) in [6, 6.07) is 3.84. The topological polar surface area (TPSA) is 266 Å². The Morgan fingerprint density at radius 1 is 0.959 bits per heavy atom. The van der Waals surface area contributed by atoms with E-state index < -0.39 is 108 Å². The zero-order chi connectivity index (χ0) is 54.0. The Kier molecular flexibility index (Phi) is 14.8. The van der Waals surface area contributed by atoms with Crippen LogP contribution in [-0.2, 0) is 28.5 Å². The summed E-state index contributed by atoms with van der Waals surface area (Å²) in [5.41, 5.74) is -1.79. The normalized spacial score (nSPS) is 31.1. The first-order valence-electron chi connectivity index (χ1n) is 25.1. The second-order valence-corrected chi connectivity index (χ2v) is 27.5. The van der Waals surface area contributed by atoms with E-state index in [1.807, 2.05) is 4.90 Å². The van der Waals surface area contributed by atoms with Gasteiger partial charge in [0.1, 0.15) is 28.8 Å². The zero-order valence-electron chi connectivity index (χ0n) is 43.9. The average Bonchev–Trinajstić information content (AvgIpc) is 3.61. The smallest absolute Gasteiger partial charge is 0.407 e. The molecule has 1 unspecified atom stereocenters. The van der Waals surface area contributed by atoms with E-state index >= 15 is 0 Å². The minimum atomic E-state index is -2.01. The number of anilines is 2. The van der Waals surface area contributed by atoms with Crippen LogP contribution in [0.15, 0.2) is 62.3 Å². The number of aromatic hydroxyl groups is 1. The highest BCUT2D eigenvalue weighted by Crippen LogP contribution is 2.47. The Bertz CT molecular complexity index is 3190. The number of aliphatic hydroxyl groups excluding tert-OH is 3. The summed E-state index contributed by atoms with van der Waals surface area (Å²) < 4.78 is 36.0. The third-order valence-corrected chi connectivity index (χ3v) is 17.1. The molecule has 2 amide bonds. The van der Waals surface area contributed by atoms with Gasteiger partial charge in [-0.3, -0.25) is 19.2 Å². The van der Waals surface area contributed by atoms with Crippen LogP contribution >= 0.6 is 0 Å². The van der Waals surface area contributed by atoms with Gasteiger partial charge >= 0.3 is 17.8 Å². The molecule has 12 atom stereocenters. The van der Waals surface area contributed by atoms with Gasteiger partial charge in [-0.1, -0.05) is 65.6 Å². The molecule has 1 aliphatic carbocycles. The first-order valence-corrected chi connectivity index (χ1v) is 28.8. The molecule has 2 fully saturated rings. The number of carbonyl (C=O) groups is 3. The number of rotatable bonds is 7. The fraction of sp³-hybridized carbons (Fsp3) is 0.519. The van der Waals surface area contributed by atoms with E-state index in [1.165, 1.54) is 59.3 Å². The summed E-state index contributed by atoms with van der Waals surface area (Å²) in [4.78, 5) is 75.1. The van der Waals surface area contributed by atoms with E-state index in [0.29, 0.717) is 25.4 Å². The van der Waals surface area contributed by atoms with Crippen LogP contribution in [0, 0.1) is 42.4 Å². The first-order chi connectivity index (χ1) is 34.8. The summed E-state index contributed by atoms with van der Waals surface area (Å²) >= 11 is 0. The molecule has 74 heavy (non-hydrogen) atoms. The molecule has 4 aromatic rings. The molecule has 19 nitrogen and oxygen atoms in total. The van der Waals surface area contributed by atoms with E-state index in [-0.39, 0.29) is 73.0 Å². The van der Waals surface area contributed by atoms with Crippen LogP contribution in [0.1, 0.15) is 54.0 Å². The molecule has 1 aromatic heterocycles. The molecule has 1 saturated carbocycles. The van der Waals surface area contributed by atoms with Gasteiger partial charge in [0.15, 0.2) is 22.4 Å². The van der Waals surface area contributed by atoms with Crippen molar-refractivity contribution in [1.29, 1.82) is 0 Å². The third kappa shape index (κ3) is 10.1. The van der Waals surface area contributed by atoms with Gasteiger partial charge in [0.2, 0.25) is 10.9 Å². The maximum atomic E-state index is 15.0. The Balaban J connectivity index is 1.25. The highest BCUT2D eigenvalue weighted by Gasteiger charge is 2.57. The molecular formula is C54H68N4O15Si. The Morgan fingerprint density at radius 3 is 2.30 bits per heavy atom. The van der Waals surface area contributed by atoms with Gasteiger partial charge in [0.25, 0.3) is 5.91 Å². The molecule has 0 radical (unpaired) electrons. The quantitative estimate of drug-likeness (QED) is 0.0532. The molecule has 398 valence electrons. The lowest BCUT2D eigenvalue weighted by Crippen LogP contribution is -2.46. The van der Waals surface area contributed by atoms with Crippen molar-refractivity contribution in [1.82, 2.24) is 10.3 Å². The molecule has 3 aromatic carbocycles. The number of phenolic OH excluding ortho intramolecular Hbond substituents is 1. The Hall–Kier alpha value is -6.48. The van der Waals surface area contributed by atoms with E-state index in [1.54, 1.807) is 45.9 Å². The van der Waals surface area contributed by atoms with Gasteiger partial charge in [-0.25, -0.2) is 9.78 Å². The van der Waals surface area contributed by atoms with Crippen LogP contribution in [0.4, 0.5) is 16.2 Å². The standard InChI is InChI=1S/C54H68N4O15Si/c1-24-14-13-15-25(2)52(66)56-43-47(64)38-37(42-50(43)72-36-21-31(20-34(60)41(36)55-42)58-22-32-33(23-58)40(32)57-53(67)69-18-19-74(10,11)12)39-49(29(6)46(38)63)73-54(8,51(39)65)70-17-16-35(68-9)26(3)48(71-30(7)59)28(5)45(62)27(4)44(24)61/h13-17,20-21,24,26-28,32-33,35,40,44-45,48,61-63,65H,18-19,22-23H2,1-12H3,(H,56,66)(H,57,67)/b14-13+,17-16+,25-15-/t24-,26+,27+,28+,32-,33+,35-,40?,44-,45+,48+,54-/m0/s1. The van der Waals surface area contributed by atoms with Crippen molar-refractivity contribution in [2.45, 2.75) is 117 Å². The summed E-state index contributed by atoms with van der Waals surface area (Å²) in [7, 11) is 0.0554. The average molecular weight is 1040 g/mol. The predicted molar refractivity (Wildman–Crippen MR) is 281 cm³/mol.